The second-order valence-electron chi connectivity index (χ2n) is 23.5. The van der Waals surface area contributed by atoms with Gasteiger partial charge in [0.05, 0.1) is 0 Å². The molecule has 0 rings (SSSR count). The van der Waals surface area contributed by atoms with E-state index in [0.717, 1.165) is 64.2 Å². The van der Waals surface area contributed by atoms with Gasteiger partial charge in [-0.2, -0.15) is 0 Å². The minimum Gasteiger partial charge on any atom is -0.462 e. The van der Waals surface area contributed by atoms with Gasteiger partial charge in [0, 0.05) is 19.3 Å². The Morgan fingerprint density at radius 3 is 0.667 bits per heavy atom. The normalized spacial score (nSPS) is 12.0. The zero-order valence-corrected chi connectivity index (χ0v) is 51.1. The fourth-order valence-electron chi connectivity index (χ4n) is 10.6. The van der Waals surface area contributed by atoms with Gasteiger partial charge in [0.25, 0.3) is 0 Å². The first-order valence-corrected chi connectivity index (χ1v) is 34.2. The Balaban J connectivity index is 4.01. The van der Waals surface area contributed by atoms with Gasteiger partial charge in [-0.25, -0.2) is 0 Å². The third-order valence-electron chi connectivity index (χ3n) is 15.8. The molecule has 0 spiro atoms. The molecule has 1 unspecified atom stereocenters. The summed E-state index contributed by atoms with van der Waals surface area (Å²) in [5.74, 6) is -0.850. The van der Waals surface area contributed by atoms with Crippen LogP contribution in [-0.2, 0) is 28.6 Å². The smallest absolute Gasteiger partial charge is 0.306 e. The molecule has 1 atom stereocenters. The second-order valence-corrected chi connectivity index (χ2v) is 23.5. The van der Waals surface area contributed by atoms with E-state index >= 15 is 0 Å². The van der Waals surface area contributed by atoms with Gasteiger partial charge in [0.2, 0.25) is 0 Å². The topological polar surface area (TPSA) is 78.9 Å². The Bertz CT molecular complexity index is 1170. The number of carbonyl (C=O) groups excluding carboxylic acids is 3. The largest absolute Gasteiger partial charge is 0.462 e. The van der Waals surface area contributed by atoms with Crippen LogP contribution in [0, 0.1) is 0 Å². The molecular weight excluding hydrogens is 925 g/mol. The highest BCUT2D eigenvalue weighted by molar-refractivity contribution is 5.71. The van der Waals surface area contributed by atoms with Crippen LogP contribution in [-0.4, -0.2) is 37.2 Å². The van der Waals surface area contributed by atoms with Gasteiger partial charge >= 0.3 is 17.9 Å². The van der Waals surface area contributed by atoms with Crippen LogP contribution in [0.1, 0.15) is 393 Å². The summed E-state index contributed by atoms with van der Waals surface area (Å²) < 4.78 is 16.9. The van der Waals surface area contributed by atoms with Crippen LogP contribution >= 0.6 is 0 Å². The number of unbranched alkanes of at least 4 members (excludes halogenated alkanes) is 51. The Morgan fingerprint density at radius 2 is 0.440 bits per heavy atom. The zero-order valence-electron chi connectivity index (χ0n) is 51.1. The van der Waals surface area contributed by atoms with Crippen LogP contribution in [0.4, 0.5) is 0 Å². The van der Waals surface area contributed by atoms with E-state index in [9.17, 15) is 14.4 Å². The lowest BCUT2D eigenvalue weighted by atomic mass is 10.0. The molecule has 0 aliphatic rings. The number of ether oxygens (including phenoxy) is 3. The summed E-state index contributed by atoms with van der Waals surface area (Å²) in [4.78, 5) is 38.2. The van der Waals surface area contributed by atoms with Gasteiger partial charge < -0.3 is 14.2 Å². The summed E-state index contributed by atoms with van der Waals surface area (Å²) in [5, 5.41) is 0. The molecule has 75 heavy (non-hydrogen) atoms. The minimum absolute atomic E-state index is 0.0673. The molecule has 0 amide bonds. The number of carbonyl (C=O) groups is 3. The molecule has 0 heterocycles. The van der Waals surface area contributed by atoms with Gasteiger partial charge in [-0.05, 0) is 44.9 Å². The zero-order chi connectivity index (χ0) is 54.3. The standard InChI is InChI=1S/C69H132O6/c1-4-7-10-13-16-19-22-24-26-27-28-29-30-31-32-33-34-35-36-37-38-39-40-41-42-44-45-47-50-53-56-59-62-68(71)74-65-66(64-73-67(70)61-58-55-52-49-21-18-15-12-9-6-3)75-69(72)63-60-57-54-51-48-46-43-25-23-20-17-14-11-8-5-2/h25,43,66H,4-24,26-42,44-65H2,1-3H3/b43-25-. The molecule has 0 aliphatic carbocycles. The van der Waals surface area contributed by atoms with Crippen LogP contribution in [0.2, 0.25) is 0 Å². The van der Waals surface area contributed by atoms with Gasteiger partial charge in [0.15, 0.2) is 6.10 Å². The average Bonchev–Trinajstić information content (AvgIpc) is 3.41. The van der Waals surface area contributed by atoms with Crippen molar-refractivity contribution in [1.29, 1.82) is 0 Å². The van der Waals surface area contributed by atoms with Crippen LogP contribution in [0.25, 0.3) is 0 Å². The fourth-order valence-corrected chi connectivity index (χ4v) is 10.6. The molecule has 0 bridgehead atoms. The monoisotopic (exact) mass is 1060 g/mol. The lowest BCUT2D eigenvalue weighted by molar-refractivity contribution is -0.167. The first-order valence-electron chi connectivity index (χ1n) is 34.2. The quantitative estimate of drug-likeness (QED) is 0.0261. The summed E-state index contributed by atoms with van der Waals surface area (Å²) in [6.45, 7) is 6.68. The van der Waals surface area contributed by atoms with Crippen LogP contribution in [0.15, 0.2) is 12.2 Å². The van der Waals surface area contributed by atoms with Crippen molar-refractivity contribution < 1.29 is 28.6 Å². The third-order valence-corrected chi connectivity index (χ3v) is 15.8. The van der Waals surface area contributed by atoms with E-state index in [-0.39, 0.29) is 31.1 Å². The van der Waals surface area contributed by atoms with Gasteiger partial charge in [-0.15, -0.1) is 0 Å². The lowest BCUT2D eigenvalue weighted by Crippen LogP contribution is -2.30. The molecule has 0 saturated heterocycles. The molecule has 6 nitrogen and oxygen atoms in total. The number of esters is 3. The summed E-state index contributed by atoms with van der Waals surface area (Å²) in [7, 11) is 0. The predicted molar refractivity (Wildman–Crippen MR) is 326 cm³/mol. The van der Waals surface area contributed by atoms with E-state index in [1.807, 2.05) is 0 Å². The molecular formula is C69H132O6. The molecule has 6 heteroatoms. The SMILES string of the molecule is CCCCCCCC/C=C\CCCCCCCC(=O)OC(COC(=O)CCCCCCCCCCCC)COC(=O)CCCCCCCCCCCCCCCCCCCCCCCCCCCCCCCCCC. The highest BCUT2D eigenvalue weighted by Crippen LogP contribution is 2.19. The molecule has 0 aromatic heterocycles. The molecule has 0 aliphatic heterocycles. The van der Waals surface area contributed by atoms with Gasteiger partial charge in [-0.3, -0.25) is 14.4 Å². The number of rotatable bonds is 64. The third kappa shape index (κ3) is 62.9. The summed E-state index contributed by atoms with van der Waals surface area (Å²) >= 11 is 0. The second kappa shape index (κ2) is 64.7. The van der Waals surface area contributed by atoms with Crippen molar-refractivity contribution in [2.75, 3.05) is 13.2 Å². The molecule has 0 radical (unpaired) electrons. The number of allylic oxidation sites excluding steroid dienone is 2. The fraction of sp³-hybridized carbons (Fsp3) is 0.928. The van der Waals surface area contributed by atoms with E-state index in [2.05, 4.69) is 32.9 Å². The predicted octanol–water partition coefficient (Wildman–Crippen LogP) is 23.2. The summed E-state index contributed by atoms with van der Waals surface area (Å²) in [5.41, 5.74) is 0. The van der Waals surface area contributed by atoms with Crippen molar-refractivity contribution >= 4 is 17.9 Å². The summed E-state index contributed by atoms with van der Waals surface area (Å²) in [6.07, 6.45) is 76.9. The molecule has 0 N–H and O–H groups in total. The van der Waals surface area contributed by atoms with Crippen molar-refractivity contribution in [1.82, 2.24) is 0 Å². The minimum atomic E-state index is -0.769. The van der Waals surface area contributed by atoms with E-state index in [4.69, 9.17) is 14.2 Å². The molecule has 0 fully saturated rings. The van der Waals surface area contributed by atoms with E-state index in [1.165, 1.54) is 289 Å². The molecule has 0 aromatic carbocycles. The molecule has 0 saturated carbocycles. The van der Waals surface area contributed by atoms with Gasteiger partial charge in [0.1, 0.15) is 13.2 Å². The Kier molecular flexibility index (Phi) is 63.1. The van der Waals surface area contributed by atoms with E-state index in [1.54, 1.807) is 0 Å². The first kappa shape index (κ1) is 73.2. The lowest BCUT2D eigenvalue weighted by Gasteiger charge is -2.18. The van der Waals surface area contributed by atoms with Crippen LogP contribution in [0.5, 0.6) is 0 Å². The van der Waals surface area contributed by atoms with Crippen molar-refractivity contribution in [3.63, 3.8) is 0 Å². The first-order chi connectivity index (χ1) is 37.0. The van der Waals surface area contributed by atoms with Crippen molar-refractivity contribution in [2.45, 2.75) is 399 Å². The Morgan fingerprint density at radius 1 is 0.253 bits per heavy atom. The number of hydrogen-bond donors (Lipinski definition) is 0. The number of hydrogen-bond acceptors (Lipinski definition) is 6. The average molecular weight is 1060 g/mol. The van der Waals surface area contributed by atoms with Crippen molar-refractivity contribution in [3.8, 4) is 0 Å². The summed E-state index contributed by atoms with van der Waals surface area (Å²) in [6, 6.07) is 0. The maximum absolute atomic E-state index is 12.9. The van der Waals surface area contributed by atoms with Crippen LogP contribution in [0.3, 0.4) is 0 Å². The van der Waals surface area contributed by atoms with E-state index < -0.39 is 6.10 Å². The Hall–Kier alpha value is -1.85. The highest BCUT2D eigenvalue weighted by atomic mass is 16.6. The maximum atomic E-state index is 12.9. The van der Waals surface area contributed by atoms with E-state index in [0.29, 0.717) is 19.3 Å². The van der Waals surface area contributed by atoms with Crippen molar-refractivity contribution in [2.24, 2.45) is 0 Å². The Labute approximate surface area is 469 Å². The van der Waals surface area contributed by atoms with Crippen molar-refractivity contribution in [3.05, 3.63) is 12.2 Å². The highest BCUT2D eigenvalue weighted by Gasteiger charge is 2.19. The van der Waals surface area contributed by atoms with Gasteiger partial charge in [-0.1, -0.05) is 341 Å². The molecule has 0 aromatic rings. The maximum Gasteiger partial charge on any atom is 0.306 e. The van der Waals surface area contributed by atoms with Crippen LogP contribution < -0.4 is 0 Å². The molecule has 444 valence electrons.